The molecular formula is C59H102O6. The van der Waals surface area contributed by atoms with Crippen LogP contribution in [0.15, 0.2) is 72.9 Å². The predicted molar refractivity (Wildman–Crippen MR) is 279 cm³/mol. The van der Waals surface area contributed by atoms with Gasteiger partial charge in [-0.25, -0.2) is 0 Å². The van der Waals surface area contributed by atoms with Crippen molar-refractivity contribution in [3.05, 3.63) is 72.9 Å². The monoisotopic (exact) mass is 907 g/mol. The topological polar surface area (TPSA) is 78.9 Å². The maximum absolute atomic E-state index is 12.8. The molecule has 0 N–H and O–H groups in total. The van der Waals surface area contributed by atoms with E-state index in [2.05, 4.69) is 93.7 Å². The summed E-state index contributed by atoms with van der Waals surface area (Å²) in [5, 5.41) is 0. The lowest BCUT2D eigenvalue weighted by Crippen LogP contribution is -2.30. The van der Waals surface area contributed by atoms with E-state index < -0.39 is 6.10 Å². The van der Waals surface area contributed by atoms with E-state index in [9.17, 15) is 14.4 Å². The number of esters is 3. The smallest absolute Gasteiger partial charge is 0.306 e. The van der Waals surface area contributed by atoms with Gasteiger partial charge < -0.3 is 14.2 Å². The van der Waals surface area contributed by atoms with Gasteiger partial charge >= 0.3 is 17.9 Å². The van der Waals surface area contributed by atoms with Crippen LogP contribution in [0.2, 0.25) is 0 Å². The van der Waals surface area contributed by atoms with E-state index in [0.717, 1.165) is 103 Å². The fourth-order valence-electron chi connectivity index (χ4n) is 7.54. The number of hydrogen-bond donors (Lipinski definition) is 0. The molecule has 0 bridgehead atoms. The minimum atomic E-state index is -0.793. The van der Waals surface area contributed by atoms with Gasteiger partial charge in [0.05, 0.1) is 0 Å². The van der Waals surface area contributed by atoms with Crippen LogP contribution in [0, 0.1) is 0 Å². The summed E-state index contributed by atoms with van der Waals surface area (Å²) in [6, 6.07) is 0. The molecule has 0 aliphatic rings. The number of ether oxygens (including phenoxy) is 3. The maximum atomic E-state index is 12.8. The Morgan fingerprint density at radius 3 is 0.985 bits per heavy atom. The second-order valence-electron chi connectivity index (χ2n) is 18.1. The van der Waals surface area contributed by atoms with Crippen LogP contribution in [0.5, 0.6) is 0 Å². The molecule has 0 heterocycles. The highest BCUT2D eigenvalue weighted by molar-refractivity contribution is 5.71. The molecule has 65 heavy (non-hydrogen) atoms. The van der Waals surface area contributed by atoms with Crippen LogP contribution < -0.4 is 0 Å². The van der Waals surface area contributed by atoms with E-state index in [4.69, 9.17) is 14.2 Å². The second kappa shape index (κ2) is 53.5. The van der Waals surface area contributed by atoms with Gasteiger partial charge in [-0.05, 0) is 109 Å². The molecule has 0 aliphatic heterocycles. The highest BCUT2D eigenvalue weighted by atomic mass is 16.6. The average Bonchev–Trinajstić information content (AvgIpc) is 3.30. The van der Waals surface area contributed by atoms with Crippen LogP contribution in [0.4, 0.5) is 0 Å². The lowest BCUT2D eigenvalue weighted by Gasteiger charge is -2.18. The number of unbranched alkanes of at least 4 members (excludes halogenated alkanes) is 26. The molecular weight excluding hydrogens is 805 g/mol. The van der Waals surface area contributed by atoms with Gasteiger partial charge in [0.1, 0.15) is 13.2 Å². The summed E-state index contributed by atoms with van der Waals surface area (Å²) in [4.78, 5) is 38.0. The molecule has 1 atom stereocenters. The largest absolute Gasteiger partial charge is 0.462 e. The van der Waals surface area contributed by atoms with Crippen molar-refractivity contribution in [2.75, 3.05) is 13.2 Å². The Morgan fingerprint density at radius 2 is 0.600 bits per heavy atom. The molecule has 0 aromatic rings. The van der Waals surface area contributed by atoms with Crippen molar-refractivity contribution in [1.82, 2.24) is 0 Å². The Morgan fingerprint density at radius 1 is 0.323 bits per heavy atom. The molecule has 6 heteroatoms. The third-order valence-electron chi connectivity index (χ3n) is 11.7. The van der Waals surface area contributed by atoms with Gasteiger partial charge in [-0.1, -0.05) is 209 Å². The van der Waals surface area contributed by atoms with Gasteiger partial charge in [-0.3, -0.25) is 14.4 Å². The highest BCUT2D eigenvalue weighted by Gasteiger charge is 2.19. The van der Waals surface area contributed by atoms with Crippen LogP contribution in [0.1, 0.15) is 265 Å². The van der Waals surface area contributed by atoms with E-state index in [0.29, 0.717) is 19.3 Å². The Labute approximate surface area is 402 Å². The van der Waals surface area contributed by atoms with Crippen molar-refractivity contribution >= 4 is 17.9 Å². The van der Waals surface area contributed by atoms with Gasteiger partial charge in [0.15, 0.2) is 6.10 Å². The van der Waals surface area contributed by atoms with Gasteiger partial charge in [-0.15, -0.1) is 0 Å². The molecule has 374 valence electrons. The third kappa shape index (κ3) is 51.7. The molecule has 0 radical (unpaired) electrons. The van der Waals surface area contributed by atoms with Crippen molar-refractivity contribution in [3.63, 3.8) is 0 Å². The first-order chi connectivity index (χ1) is 32.0. The Hall–Kier alpha value is -3.15. The van der Waals surface area contributed by atoms with Crippen LogP contribution in [0.25, 0.3) is 0 Å². The van der Waals surface area contributed by atoms with E-state index >= 15 is 0 Å². The Kier molecular flexibility index (Phi) is 50.9. The molecule has 0 rings (SSSR count). The number of carbonyl (C=O) groups excluding carboxylic acids is 3. The first-order valence-electron chi connectivity index (χ1n) is 27.4. The zero-order valence-corrected chi connectivity index (χ0v) is 42.7. The quantitative estimate of drug-likeness (QED) is 0.0262. The third-order valence-corrected chi connectivity index (χ3v) is 11.7. The molecule has 1 unspecified atom stereocenters. The fourth-order valence-corrected chi connectivity index (χ4v) is 7.54. The minimum absolute atomic E-state index is 0.0900. The number of hydrogen-bond acceptors (Lipinski definition) is 6. The summed E-state index contributed by atoms with van der Waals surface area (Å²) in [6.07, 6.45) is 67.4. The summed E-state index contributed by atoms with van der Waals surface area (Å²) >= 11 is 0. The van der Waals surface area contributed by atoms with Gasteiger partial charge in [0.25, 0.3) is 0 Å². The van der Waals surface area contributed by atoms with Crippen molar-refractivity contribution in [2.45, 2.75) is 271 Å². The normalized spacial score (nSPS) is 12.6. The molecule has 0 aromatic carbocycles. The molecule has 0 aromatic heterocycles. The molecule has 0 amide bonds. The zero-order valence-electron chi connectivity index (χ0n) is 42.7. The van der Waals surface area contributed by atoms with Crippen molar-refractivity contribution in [3.8, 4) is 0 Å². The zero-order chi connectivity index (χ0) is 47.2. The Balaban J connectivity index is 4.41. The molecule has 6 nitrogen and oxygen atoms in total. The summed E-state index contributed by atoms with van der Waals surface area (Å²) in [6.45, 7) is 6.48. The van der Waals surface area contributed by atoms with Crippen molar-refractivity contribution < 1.29 is 28.6 Å². The van der Waals surface area contributed by atoms with Crippen LogP contribution in [-0.2, 0) is 28.6 Å². The Bertz CT molecular complexity index is 1230. The summed E-state index contributed by atoms with van der Waals surface area (Å²) in [5.74, 6) is -0.923. The van der Waals surface area contributed by atoms with Crippen LogP contribution >= 0.6 is 0 Å². The molecule has 0 spiro atoms. The van der Waals surface area contributed by atoms with Gasteiger partial charge in [-0.2, -0.15) is 0 Å². The van der Waals surface area contributed by atoms with E-state index in [1.807, 2.05) is 0 Å². The fraction of sp³-hybridized carbons (Fsp3) is 0.746. The minimum Gasteiger partial charge on any atom is -0.462 e. The molecule has 0 fully saturated rings. The van der Waals surface area contributed by atoms with Crippen LogP contribution in [0.3, 0.4) is 0 Å². The summed E-state index contributed by atoms with van der Waals surface area (Å²) < 4.78 is 16.8. The van der Waals surface area contributed by atoms with E-state index in [1.54, 1.807) is 0 Å². The van der Waals surface area contributed by atoms with Gasteiger partial charge in [0, 0.05) is 19.3 Å². The lowest BCUT2D eigenvalue weighted by atomic mass is 10.1. The number of rotatable bonds is 49. The summed E-state index contributed by atoms with van der Waals surface area (Å²) in [5.41, 5.74) is 0. The van der Waals surface area contributed by atoms with Crippen molar-refractivity contribution in [2.24, 2.45) is 0 Å². The standard InChI is InChI=1S/C59H102O6/c1-4-7-10-13-16-19-22-25-27-29-31-32-34-37-40-43-46-49-52-58(61)64-55-56(54-63-57(60)51-48-45-42-39-36-24-21-18-15-12-9-6-3)65-59(62)53-50-47-44-41-38-35-33-30-28-26-23-20-17-14-11-8-5-2/h8,11,17-18,20-21,26-29,33,35,56H,4-7,9-10,12-16,19,22-25,30-32,34,36-55H2,1-3H3/b11-8-,20-17-,21-18-,28-26-,29-27-,35-33-. The van der Waals surface area contributed by atoms with E-state index in [1.165, 1.54) is 122 Å². The second-order valence-corrected chi connectivity index (χ2v) is 18.1. The summed E-state index contributed by atoms with van der Waals surface area (Å²) in [7, 11) is 0. The maximum Gasteiger partial charge on any atom is 0.306 e. The first kappa shape index (κ1) is 61.9. The molecule has 0 saturated heterocycles. The SMILES string of the molecule is CC/C=C\C/C=C\C/C=C\C/C=C\CCCCCCC(=O)OC(COC(=O)CCCCCCC/C=C\CCCCC)COC(=O)CCCCCCCCC/C=C\CCCCCCCCC. The van der Waals surface area contributed by atoms with Crippen LogP contribution in [-0.4, -0.2) is 37.2 Å². The van der Waals surface area contributed by atoms with Crippen molar-refractivity contribution in [1.29, 1.82) is 0 Å². The predicted octanol–water partition coefficient (Wildman–Crippen LogP) is 18.2. The average molecular weight is 907 g/mol. The van der Waals surface area contributed by atoms with E-state index in [-0.39, 0.29) is 31.1 Å². The molecule has 0 aliphatic carbocycles. The number of allylic oxidation sites excluding steroid dienone is 12. The number of carbonyl (C=O) groups is 3. The van der Waals surface area contributed by atoms with Gasteiger partial charge in [0.2, 0.25) is 0 Å². The highest BCUT2D eigenvalue weighted by Crippen LogP contribution is 2.14. The first-order valence-corrected chi connectivity index (χ1v) is 27.4. The molecule has 0 saturated carbocycles. The lowest BCUT2D eigenvalue weighted by molar-refractivity contribution is -0.167.